The van der Waals surface area contributed by atoms with Crippen molar-refractivity contribution in [2.45, 2.75) is 32.8 Å². The van der Waals surface area contributed by atoms with Gasteiger partial charge < -0.3 is 16.2 Å². The van der Waals surface area contributed by atoms with E-state index < -0.39 is 12.0 Å². The van der Waals surface area contributed by atoms with Crippen LogP contribution in [-0.2, 0) is 17.6 Å². The third-order valence-corrected chi connectivity index (χ3v) is 2.29. The number of anilines is 1. The topological polar surface area (TPSA) is 114 Å². The molecule has 1 amide bonds. The first-order valence-corrected chi connectivity index (χ1v) is 5.52. The van der Waals surface area contributed by atoms with Crippen LogP contribution in [0.3, 0.4) is 0 Å². The maximum Gasteiger partial charge on any atom is 0.248 e. The summed E-state index contributed by atoms with van der Waals surface area (Å²) in [4.78, 5) is 14.9. The molecule has 1 aromatic rings. The molecule has 94 valence electrons. The Bertz CT molecular complexity index is 396. The number of nitrogens with two attached hydrogens (primary N) is 1. The van der Waals surface area contributed by atoms with Crippen LogP contribution in [0.15, 0.2) is 0 Å². The fourth-order valence-corrected chi connectivity index (χ4v) is 1.30. The lowest BCUT2D eigenvalue weighted by Gasteiger charge is -2.09. The average Bonchev–Trinajstić information content (AvgIpc) is 2.35. The molecule has 0 fully saturated rings. The second-order valence-corrected chi connectivity index (χ2v) is 3.53. The number of aromatic nitrogens is 3. The number of carbonyl (C=O) groups excluding carboxylic acids is 1. The van der Waals surface area contributed by atoms with Crippen molar-refractivity contribution in [2.24, 2.45) is 5.73 Å². The zero-order valence-electron chi connectivity index (χ0n) is 9.97. The molecule has 1 rings (SSSR count). The summed E-state index contributed by atoms with van der Waals surface area (Å²) in [7, 11) is 0. The third-order valence-electron chi connectivity index (χ3n) is 2.29. The van der Waals surface area contributed by atoms with Gasteiger partial charge in [0.1, 0.15) is 6.10 Å². The van der Waals surface area contributed by atoms with Crippen molar-refractivity contribution in [2.75, 3.05) is 11.9 Å². The molecule has 0 aliphatic carbocycles. The molecule has 0 aromatic carbocycles. The van der Waals surface area contributed by atoms with Crippen molar-refractivity contribution in [3.8, 4) is 0 Å². The van der Waals surface area contributed by atoms with E-state index in [4.69, 9.17) is 5.73 Å². The van der Waals surface area contributed by atoms with Crippen molar-refractivity contribution < 1.29 is 9.90 Å². The number of carbonyl (C=O) groups is 1. The Morgan fingerprint density at radius 1 is 1.35 bits per heavy atom. The van der Waals surface area contributed by atoms with E-state index in [1.807, 2.05) is 13.8 Å². The summed E-state index contributed by atoms with van der Waals surface area (Å²) >= 11 is 0. The molecular formula is C10H17N5O2. The van der Waals surface area contributed by atoms with Gasteiger partial charge in [-0.25, -0.2) is 4.98 Å². The van der Waals surface area contributed by atoms with Crippen LogP contribution >= 0.6 is 0 Å². The Hall–Kier alpha value is -1.76. The number of hydrogen-bond donors (Lipinski definition) is 3. The van der Waals surface area contributed by atoms with E-state index in [2.05, 4.69) is 20.5 Å². The summed E-state index contributed by atoms with van der Waals surface area (Å²) in [5.74, 6) is -0.495. The molecule has 1 unspecified atom stereocenters. The van der Waals surface area contributed by atoms with Gasteiger partial charge in [0.25, 0.3) is 0 Å². The van der Waals surface area contributed by atoms with E-state index in [0.29, 0.717) is 5.95 Å². The van der Waals surface area contributed by atoms with E-state index in [0.717, 1.165) is 24.2 Å². The van der Waals surface area contributed by atoms with E-state index in [1.54, 1.807) is 0 Å². The zero-order valence-corrected chi connectivity index (χ0v) is 9.97. The number of nitrogens with one attached hydrogen (secondary N) is 1. The van der Waals surface area contributed by atoms with Crippen molar-refractivity contribution in [1.29, 1.82) is 0 Å². The number of rotatable bonds is 6. The van der Waals surface area contributed by atoms with Gasteiger partial charge in [0.05, 0.1) is 17.9 Å². The van der Waals surface area contributed by atoms with Gasteiger partial charge >= 0.3 is 0 Å². The van der Waals surface area contributed by atoms with Gasteiger partial charge in [-0.15, -0.1) is 5.10 Å². The number of hydrogen-bond acceptors (Lipinski definition) is 6. The quantitative estimate of drug-likeness (QED) is 0.602. The van der Waals surface area contributed by atoms with Crippen LogP contribution in [0.2, 0.25) is 0 Å². The van der Waals surface area contributed by atoms with Gasteiger partial charge in [-0.3, -0.25) is 4.79 Å². The summed E-state index contributed by atoms with van der Waals surface area (Å²) in [6.45, 7) is 3.94. The summed E-state index contributed by atoms with van der Waals surface area (Å²) in [5, 5.41) is 19.8. The first kappa shape index (κ1) is 13.3. The highest BCUT2D eigenvalue weighted by Gasteiger charge is 2.12. The van der Waals surface area contributed by atoms with Gasteiger partial charge in [0.15, 0.2) is 0 Å². The van der Waals surface area contributed by atoms with Gasteiger partial charge in [0.2, 0.25) is 11.9 Å². The maximum absolute atomic E-state index is 10.6. The summed E-state index contributed by atoms with van der Waals surface area (Å²) in [5.41, 5.74) is 6.63. The minimum absolute atomic E-state index is 0.0222. The summed E-state index contributed by atoms with van der Waals surface area (Å²) in [6, 6.07) is 0. The number of primary amides is 1. The van der Waals surface area contributed by atoms with Gasteiger partial charge in [-0.05, 0) is 12.8 Å². The summed E-state index contributed by atoms with van der Waals surface area (Å²) in [6.07, 6.45) is 0.272. The van der Waals surface area contributed by atoms with E-state index in [9.17, 15) is 9.90 Å². The molecular weight excluding hydrogens is 222 g/mol. The van der Waals surface area contributed by atoms with Gasteiger partial charge in [0, 0.05) is 0 Å². The second kappa shape index (κ2) is 6.09. The lowest BCUT2D eigenvalue weighted by Crippen LogP contribution is -2.34. The highest BCUT2D eigenvalue weighted by atomic mass is 16.3. The Morgan fingerprint density at radius 3 is 2.53 bits per heavy atom. The first-order chi connectivity index (χ1) is 8.08. The number of amides is 1. The fraction of sp³-hybridized carbons (Fsp3) is 0.600. The fourth-order valence-electron chi connectivity index (χ4n) is 1.30. The number of aliphatic hydroxyl groups is 1. The van der Waals surface area contributed by atoms with Crippen LogP contribution in [0, 0.1) is 0 Å². The lowest BCUT2D eigenvalue weighted by atomic mass is 10.2. The van der Waals surface area contributed by atoms with Crippen LogP contribution in [0.25, 0.3) is 0 Å². The van der Waals surface area contributed by atoms with Crippen molar-refractivity contribution in [3.63, 3.8) is 0 Å². The van der Waals surface area contributed by atoms with Crippen LogP contribution < -0.4 is 11.1 Å². The summed E-state index contributed by atoms with van der Waals surface area (Å²) < 4.78 is 0. The molecule has 17 heavy (non-hydrogen) atoms. The van der Waals surface area contributed by atoms with E-state index in [1.165, 1.54) is 0 Å². The predicted octanol–water partition coefficient (Wildman–Crippen LogP) is -0.745. The van der Waals surface area contributed by atoms with Crippen LogP contribution in [0.5, 0.6) is 0 Å². The van der Waals surface area contributed by atoms with E-state index >= 15 is 0 Å². The molecule has 1 atom stereocenters. The van der Waals surface area contributed by atoms with Gasteiger partial charge in [-0.1, -0.05) is 13.8 Å². The SMILES string of the molecule is CCc1nnc(NCC(O)C(N)=O)nc1CC. The van der Waals surface area contributed by atoms with E-state index in [-0.39, 0.29) is 6.54 Å². The first-order valence-electron chi connectivity index (χ1n) is 5.52. The number of aryl methyl sites for hydroxylation is 2. The Kier molecular flexibility index (Phi) is 4.77. The van der Waals surface area contributed by atoms with Gasteiger partial charge in [-0.2, -0.15) is 5.10 Å². The average molecular weight is 239 g/mol. The lowest BCUT2D eigenvalue weighted by molar-refractivity contribution is -0.125. The number of nitrogens with zero attached hydrogens (tertiary/aromatic N) is 3. The smallest absolute Gasteiger partial charge is 0.248 e. The molecule has 0 saturated heterocycles. The largest absolute Gasteiger partial charge is 0.381 e. The molecule has 0 aliphatic heterocycles. The predicted molar refractivity (Wildman–Crippen MR) is 62.3 cm³/mol. The Balaban J connectivity index is 2.69. The van der Waals surface area contributed by atoms with Crippen molar-refractivity contribution >= 4 is 11.9 Å². The molecule has 1 aromatic heterocycles. The molecule has 4 N–H and O–H groups in total. The molecule has 0 spiro atoms. The highest BCUT2D eigenvalue weighted by molar-refractivity contribution is 5.79. The third kappa shape index (κ3) is 3.63. The minimum Gasteiger partial charge on any atom is -0.381 e. The zero-order chi connectivity index (χ0) is 12.8. The standard InChI is InChI=1S/C10H17N5O2/c1-3-6-7(4-2)14-15-10(13-6)12-5-8(16)9(11)17/h8,16H,3-5H2,1-2H3,(H2,11,17)(H,12,13,15). The van der Waals surface area contributed by atoms with Crippen LogP contribution in [-0.4, -0.2) is 38.8 Å². The molecule has 0 bridgehead atoms. The Morgan fingerprint density at radius 2 is 2.00 bits per heavy atom. The maximum atomic E-state index is 10.6. The molecule has 7 nitrogen and oxygen atoms in total. The van der Waals surface area contributed by atoms with Crippen molar-refractivity contribution in [3.05, 3.63) is 11.4 Å². The molecule has 7 heteroatoms. The normalized spacial score (nSPS) is 12.2. The number of aliphatic hydroxyl groups excluding tert-OH is 1. The Labute approximate surface area is 99.5 Å². The monoisotopic (exact) mass is 239 g/mol. The molecule has 0 aliphatic rings. The molecule has 0 radical (unpaired) electrons. The van der Waals surface area contributed by atoms with Crippen LogP contribution in [0.4, 0.5) is 5.95 Å². The molecule has 1 heterocycles. The van der Waals surface area contributed by atoms with Crippen LogP contribution in [0.1, 0.15) is 25.2 Å². The minimum atomic E-state index is -1.26. The second-order valence-electron chi connectivity index (χ2n) is 3.53. The van der Waals surface area contributed by atoms with Crippen molar-refractivity contribution in [1.82, 2.24) is 15.2 Å². The highest BCUT2D eigenvalue weighted by Crippen LogP contribution is 2.06. The molecule has 0 saturated carbocycles.